The molecule has 1 fully saturated rings. The number of rotatable bonds is 5. The Morgan fingerprint density at radius 3 is 2.86 bits per heavy atom. The fraction of sp³-hybridized carbons (Fsp3) is 0.345. The molecule has 1 N–H and O–H groups in total. The predicted molar refractivity (Wildman–Crippen MR) is 134 cm³/mol. The van der Waals surface area contributed by atoms with Crippen molar-refractivity contribution < 1.29 is 13.9 Å². The maximum absolute atomic E-state index is 13.6. The van der Waals surface area contributed by atoms with E-state index >= 15 is 0 Å². The van der Waals surface area contributed by atoms with E-state index < -0.39 is 0 Å². The predicted octanol–water partition coefficient (Wildman–Crippen LogP) is 6.17. The summed E-state index contributed by atoms with van der Waals surface area (Å²) in [7, 11) is 0. The van der Waals surface area contributed by atoms with Crippen molar-refractivity contribution in [1.82, 2.24) is 15.3 Å². The third-order valence-corrected chi connectivity index (χ3v) is 7.26. The zero-order valence-corrected chi connectivity index (χ0v) is 19.9. The molecule has 0 saturated heterocycles. The van der Waals surface area contributed by atoms with Gasteiger partial charge in [0.15, 0.2) is 0 Å². The molecule has 4 atom stereocenters. The van der Waals surface area contributed by atoms with Gasteiger partial charge in [0.25, 0.3) is 0 Å². The molecule has 0 spiro atoms. The molecule has 1 saturated carbocycles. The maximum Gasteiger partial charge on any atom is 0.407 e. The van der Waals surface area contributed by atoms with E-state index in [1.807, 2.05) is 37.4 Å². The van der Waals surface area contributed by atoms with Crippen LogP contribution in [0.1, 0.15) is 49.1 Å². The highest BCUT2D eigenvalue weighted by Crippen LogP contribution is 2.47. The Balaban J connectivity index is 1.34. The van der Waals surface area contributed by atoms with Crippen molar-refractivity contribution in [1.29, 1.82) is 0 Å². The molecule has 0 unspecified atom stereocenters. The molecule has 2 aliphatic carbocycles. The monoisotopic (exact) mass is 471 g/mol. The highest BCUT2D eigenvalue weighted by Gasteiger charge is 2.40. The van der Waals surface area contributed by atoms with Crippen LogP contribution >= 0.6 is 0 Å². The number of benzene rings is 1. The van der Waals surface area contributed by atoms with Crippen LogP contribution < -0.4 is 5.32 Å². The van der Waals surface area contributed by atoms with Gasteiger partial charge in [0.05, 0.1) is 12.3 Å². The van der Waals surface area contributed by atoms with Gasteiger partial charge in [-0.1, -0.05) is 30.3 Å². The summed E-state index contributed by atoms with van der Waals surface area (Å²) in [4.78, 5) is 21.2. The largest absolute Gasteiger partial charge is 0.450 e. The Kier molecular flexibility index (Phi) is 6.89. The van der Waals surface area contributed by atoms with Gasteiger partial charge in [-0.15, -0.1) is 0 Å². The van der Waals surface area contributed by atoms with Crippen LogP contribution in [0, 0.1) is 17.7 Å². The van der Waals surface area contributed by atoms with Gasteiger partial charge in [-0.2, -0.15) is 0 Å². The molecule has 2 heterocycles. The molecule has 2 aliphatic rings. The number of ether oxygens (including phenoxy) is 1. The first kappa shape index (κ1) is 23.2. The molecule has 2 aromatic heterocycles. The number of carbonyl (C=O) groups excluding carboxylic acids is 1. The summed E-state index contributed by atoms with van der Waals surface area (Å²) in [6.07, 6.45) is 11.5. The molecule has 3 aromatic rings. The van der Waals surface area contributed by atoms with E-state index in [0.717, 1.165) is 48.2 Å². The van der Waals surface area contributed by atoms with Crippen LogP contribution in [0.25, 0.3) is 17.2 Å². The summed E-state index contributed by atoms with van der Waals surface area (Å²) in [5.41, 5.74) is 5.01. The molecular formula is C29H30FN3O2. The van der Waals surface area contributed by atoms with E-state index in [4.69, 9.17) is 9.72 Å². The van der Waals surface area contributed by atoms with Crippen molar-refractivity contribution in [2.75, 3.05) is 6.61 Å². The van der Waals surface area contributed by atoms with Crippen LogP contribution in [-0.4, -0.2) is 28.7 Å². The van der Waals surface area contributed by atoms with Gasteiger partial charge in [-0.25, -0.2) is 9.18 Å². The highest BCUT2D eigenvalue weighted by atomic mass is 19.1. The van der Waals surface area contributed by atoms with E-state index in [0.29, 0.717) is 18.4 Å². The molecule has 0 aliphatic heterocycles. The Bertz CT molecular complexity index is 1210. The summed E-state index contributed by atoms with van der Waals surface area (Å²) >= 11 is 0. The van der Waals surface area contributed by atoms with E-state index in [2.05, 4.69) is 28.5 Å². The number of hydrogen-bond donors (Lipinski definition) is 1. The van der Waals surface area contributed by atoms with Crippen LogP contribution in [0.2, 0.25) is 0 Å². The maximum atomic E-state index is 13.6. The molecule has 0 radical (unpaired) electrons. The number of allylic oxidation sites excluding steroid dienone is 1. The van der Waals surface area contributed by atoms with Gasteiger partial charge in [0, 0.05) is 35.6 Å². The third-order valence-electron chi connectivity index (χ3n) is 7.26. The average Bonchev–Trinajstić information content (AvgIpc) is 2.87. The summed E-state index contributed by atoms with van der Waals surface area (Å²) in [6.45, 7) is 2.20. The van der Waals surface area contributed by atoms with E-state index in [1.165, 1.54) is 17.7 Å². The quantitative estimate of drug-likeness (QED) is 0.484. The minimum absolute atomic E-state index is 0.141. The van der Waals surface area contributed by atoms with Crippen LogP contribution in [0.4, 0.5) is 9.18 Å². The van der Waals surface area contributed by atoms with Crippen molar-refractivity contribution in [3.05, 3.63) is 89.8 Å². The lowest BCUT2D eigenvalue weighted by molar-refractivity contribution is 0.128. The topological polar surface area (TPSA) is 64.1 Å². The fourth-order valence-electron chi connectivity index (χ4n) is 5.66. The number of fused-ring (bicyclic) bond motifs is 2. The van der Waals surface area contributed by atoms with Crippen molar-refractivity contribution in [2.45, 2.75) is 44.6 Å². The number of carbonyl (C=O) groups is 1. The lowest BCUT2D eigenvalue weighted by Gasteiger charge is -2.43. The zero-order valence-electron chi connectivity index (χ0n) is 19.9. The average molecular weight is 472 g/mol. The zero-order chi connectivity index (χ0) is 24.2. The Morgan fingerprint density at radius 1 is 1.14 bits per heavy atom. The third kappa shape index (κ3) is 5.26. The number of alkyl carbamates (subject to hydrolysis) is 1. The Morgan fingerprint density at radius 2 is 2.06 bits per heavy atom. The first-order chi connectivity index (χ1) is 17.1. The van der Waals surface area contributed by atoms with Gasteiger partial charge in [0.2, 0.25) is 0 Å². The number of aromatic nitrogens is 2. The van der Waals surface area contributed by atoms with E-state index in [1.54, 1.807) is 12.3 Å². The van der Waals surface area contributed by atoms with Crippen molar-refractivity contribution >= 4 is 12.2 Å². The SMILES string of the molecule is CCOC(=O)N[C@@H]1CC[C@@H]2[C@H](Cc3ncccc3[C@H]2C=Cc2ccc(-c3cccc(F)c3)cn2)C1. The van der Waals surface area contributed by atoms with E-state index in [-0.39, 0.29) is 23.9 Å². The van der Waals surface area contributed by atoms with Crippen LogP contribution in [0.15, 0.2) is 67.0 Å². The Labute approximate surface area is 205 Å². The molecule has 1 aromatic carbocycles. The van der Waals surface area contributed by atoms with Gasteiger partial charge in [-0.05, 0) is 85.9 Å². The highest BCUT2D eigenvalue weighted by molar-refractivity contribution is 5.67. The van der Waals surface area contributed by atoms with Crippen LogP contribution in [0.3, 0.4) is 0 Å². The molecule has 5 nitrogen and oxygen atoms in total. The van der Waals surface area contributed by atoms with Gasteiger partial charge < -0.3 is 10.1 Å². The molecule has 6 heteroatoms. The Hall–Kier alpha value is -3.54. The number of hydrogen-bond acceptors (Lipinski definition) is 4. The van der Waals surface area contributed by atoms with Crippen molar-refractivity contribution in [2.24, 2.45) is 11.8 Å². The molecular weight excluding hydrogens is 441 g/mol. The number of pyridine rings is 2. The first-order valence-corrected chi connectivity index (χ1v) is 12.4. The smallest absolute Gasteiger partial charge is 0.407 e. The summed E-state index contributed by atoms with van der Waals surface area (Å²) in [5.74, 6) is 0.953. The molecule has 5 rings (SSSR count). The number of nitrogens with zero attached hydrogens (tertiary/aromatic N) is 2. The second kappa shape index (κ2) is 10.4. The van der Waals surface area contributed by atoms with Gasteiger partial charge in [-0.3, -0.25) is 9.97 Å². The summed E-state index contributed by atoms with van der Waals surface area (Å²) in [5, 5.41) is 3.04. The summed E-state index contributed by atoms with van der Waals surface area (Å²) in [6, 6.07) is 14.9. The number of amides is 1. The summed E-state index contributed by atoms with van der Waals surface area (Å²) < 4.78 is 18.7. The molecule has 1 amide bonds. The van der Waals surface area contributed by atoms with Gasteiger partial charge >= 0.3 is 6.09 Å². The standard InChI is InChI=1S/C29H30FN3O2/c1-2-35-29(34)33-24-11-12-25-21(16-24)17-28-27(7-4-14-31-28)26(25)13-10-23-9-8-20(18-32-23)19-5-3-6-22(30)15-19/h3-10,13-15,18,21,24-26H,2,11-12,16-17H2,1H3,(H,33,34)/t21-,24+,25+,26-/m0/s1. The van der Waals surface area contributed by atoms with Crippen LogP contribution in [0.5, 0.6) is 0 Å². The minimum Gasteiger partial charge on any atom is -0.450 e. The lowest BCUT2D eigenvalue weighted by Crippen LogP contribution is -2.44. The van der Waals surface area contributed by atoms with Gasteiger partial charge in [0.1, 0.15) is 5.82 Å². The fourth-order valence-corrected chi connectivity index (χ4v) is 5.66. The normalized spacial score (nSPS) is 23.4. The van der Waals surface area contributed by atoms with E-state index in [9.17, 15) is 9.18 Å². The minimum atomic E-state index is -0.325. The number of halogens is 1. The van der Waals surface area contributed by atoms with Crippen LogP contribution in [-0.2, 0) is 11.2 Å². The first-order valence-electron chi connectivity index (χ1n) is 12.4. The number of nitrogens with one attached hydrogen (secondary N) is 1. The lowest BCUT2D eigenvalue weighted by atomic mass is 9.63. The molecule has 0 bridgehead atoms. The second-order valence-electron chi connectivity index (χ2n) is 9.41. The van der Waals surface area contributed by atoms with Crippen molar-refractivity contribution in [3.8, 4) is 11.1 Å². The molecule has 35 heavy (non-hydrogen) atoms. The molecule has 180 valence electrons. The second-order valence-corrected chi connectivity index (χ2v) is 9.41. The van der Waals surface area contributed by atoms with Crippen molar-refractivity contribution in [3.63, 3.8) is 0 Å².